The van der Waals surface area contributed by atoms with Gasteiger partial charge in [-0.25, -0.2) is 0 Å². The summed E-state index contributed by atoms with van der Waals surface area (Å²) < 4.78 is 27.0. The van der Waals surface area contributed by atoms with Gasteiger partial charge in [0, 0.05) is 24.6 Å². The van der Waals surface area contributed by atoms with E-state index in [-0.39, 0.29) is 5.43 Å². The zero-order chi connectivity index (χ0) is 20.4. The van der Waals surface area contributed by atoms with E-state index in [9.17, 15) is 9.59 Å². The minimum Gasteiger partial charge on any atom is -0.496 e. The largest absolute Gasteiger partial charge is 0.496 e. The number of fused-ring (bicyclic) bond motifs is 1. The van der Waals surface area contributed by atoms with Crippen molar-refractivity contribution in [1.29, 1.82) is 0 Å². The van der Waals surface area contributed by atoms with Crippen LogP contribution in [0.2, 0.25) is 0 Å². The van der Waals surface area contributed by atoms with E-state index in [1.165, 1.54) is 34.3 Å². The highest BCUT2D eigenvalue weighted by molar-refractivity contribution is 5.86. The molecule has 28 heavy (non-hydrogen) atoms. The summed E-state index contributed by atoms with van der Waals surface area (Å²) in [7, 11) is 4.54. The molecule has 7 heteroatoms. The molecular weight excluding hydrogens is 364 g/mol. The number of hydrogen-bond acceptors (Lipinski definition) is 7. The van der Waals surface area contributed by atoms with E-state index in [0.717, 1.165) is 0 Å². The number of benzene rings is 2. The molecule has 0 aliphatic carbocycles. The second-order valence-corrected chi connectivity index (χ2v) is 6.02. The Hall–Kier alpha value is -3.48. The Morgan fingerprint density at radius 2 is 1.57 bits per heavy atom. The molecule has 0 atom stereocenters. The number of methoxy groups -OCH3 is 3. The molecule has 0 saturated carbocycles. The highest BCUT2D eigenvalue weighted by Crippen LogP contribution is 2.40. The Kier molecular flexibility index (Phi) is 5.26. The Labute approximate surface area is 161 Å². The van der Waals surface area contributed by atoms with Crippen LogP contribution in [0, 0.1) is 6.92 Å². The fourth-order valence-corrected chi connectivity index (χ4v) is 3.05. The fourth-order valence-electron chi connectivity index (χ4n) is 3.05. The van der Waals surface area contributed by atoms with Crippen LogP contribution >= 0.6 is 0 Å². The molecule has 1 heterocycles. The van der Waals surface area contributed by atoms with Crippen molar-refractivity contribution in [2.45, 2.75) is 13.8 Å². The summed E-state index contributed by atoms with van der Waals surface area (Å²) in [5, 5.41) is 0.355. The van der Waals surface area contributed by atoms with Gasteiger partial charge in [-0.3, -0.25) is 9.59 Å². The molecule has 0 spiro atoms. The van der Waals surface area contributed by atoms with Gasteiger partial charge in [-0.1, -0.05) is 0 Å². The molecule has 1 aromatic heterocycles. The Morgan fingerprint density at radius 1 is 0.929 bits per heavy atom. The predicted molar refractivity (Wildman–Crippen MR) is 104 cm³/mol. The lowest BCUT2D eigenvalue weighted by Crippen LogP contribution is -2.09. The molecule has 0 aliphatic rings. The topological polar surface area (TPSA) is 84.2 Å². The third-order valence-electron chi connectivity index (χ3n) is 4.28. The number of carbonyl (C=O) groups excluding carboxylic acids is 1. The van der Waals surface area contributed by atoms with Crippen molar-refractivity contribution < 1.29 is 28.2 Å². The molecular formula is C21H20O7. The zero-order valence-corrected chi connectivity index (χ0v) is 16.2. The van der Waals surface area contributed by atoms with Gasteiger partial charge >= 0.3 is 5.97 Å². The first-order valence-corrected chi connectivity index (χ1v) is 8.45. The maximum absolute atomic E-state index is 13.2. The SMILES string of the molecule is COc1cc(OC)c(-c2c(C)oc3cc(OC(C)=O)ccc3c2=O)cc1OC. The van der Waals surface area contributed by atoms with Crippen LogP contribution in [0.3, 0.4) is 0 Å². The van der Waals surface area contributed by atoms with Crippen molar-refractivity contribution in [3.05, 3.63) is 46.3 Å². The number of hydrogen-bond donors (Lipinski definition) is 0. The number of carbonyl (C=O) groups is 1. The monoisotopic (exact) mass is 384 g/mol. The van der Waals surface area contributed by atoms with Crippen molar-refractivity contribution in [1.82, 2.24) is 0 Å². The number of esters is 1. The molecule has 0 unspecified atom stereocenters. The summed E-state index contributed by atoms with van der Waals surface area (Å²) in [5.74, 6) is 1.63. The Morgan fingerprint density at radius 3 is 2.18 bits per heavy atom. The van der Waals surface area contributed by atoms with Crippen molar-refractivity contribution in [2.75, 3.05) is 21.3 Å². The van der Waals surface area contributed by atoms with Crippen LogP contribution in [-0.2, 0) is 4.79 Å². The van der Waals surface area contributed by atoms with Gasteiger partial charge in [0.05, 0.1) is 32.3 Å². The van der Waals surface area contributed by atoms with Crippen molar-refractivity contribution in [2.24, 2.45) is 0 Å². The van der Waals surface area contributed by atoms with E-state index in [0.29, 0.717) is 50.9 Å². The van der Waals surface area contributed by atoms with E-state index < -0.39 is 5.97 Å². The van der Waals surface area contributed by atoms with E-state index in [1.807, 2.05) is 0 Å². The van der Waals surface area contributed by atoms with Crippen LogP contribution in [-0.4, -0.2) is 27.3 Å². The number of aryl methyl sites for hydroxylation is 1. The molecule has 0 bridgehead atoms. The highest BCUT2D eigenvalue weighted by atomic mass is 16.5. The van der Waals surface area contributed by atoms with Crippen LogP contribution in [0.1, 0.15) is 12.7 Å². The summed E-state index contributed by atoms with van der Waals surface area (Å²) in [6, 6.07) is 7.96. The van der Waals surface area contributed by atoms with Crippen molar-refractivity contribution in [3.63, 3.8) is 0 Å². The van der Waals surface area contributed by atoms with Gasteiger partial charge in [0.1, 0.15) is 22.8 Å². The molecule has 0 radical (unpaired) electrons. The van der Waals surface area contributed by atoms with Crippen molar-refractivity contribution in [3.8, 4) is 34.1 Å². The van der Waals surface area contributed by atoms with E-state index in [1.54, 1.807) is 31.2 Å². The minimum absolute atomic E-state index is 0.237. The maximum Gasteiger partial charge on any atom is 0.308 e. The average Bonchev–Trinajstić information content (AvgIpc) is 2.66. The molecule has 0 amide bonds. The summed E-state index contributed by atoms with van der Waals surface area (Å²) in [5.41, 5.74) is 0.964. The lowest BCUT2D eigenvalue weighted by atomic mass is 10.0. The zero-order valence-electron chi connectivity index (χ0n) is 16.2. The van der Waals surface area contributed by atoms with Crippen LogP contribution in [0.15, 0.2) is 39.5 Å². The van der Waals surface area contributed by atoms with Gasteiger partial charge in [-0.15, -0.1) is 0 Å². The number of ether oxygens (including phenoxy) is 4. The van der Waals surface area contributed by atoms with Gasteiger partial charge in [0.2, 0.25) is 5.43 Å². The van der Waals surface area contributed by atoms with Crippen LogP contribution in [0.5, 0.6) is 23.0 Å². The molecule has 3 rings (SSSR count). The Balaban J connectivity index is 2.27. The maximum atomic E-state index is 13.2. The van der Waals surface area contributed by atoms with E-state index in [4.69, 9.17) is 23.4 Å². The van der Waals surface area contributed by atoms with Gasteiger partial charge in [0.15, 0.2) is 11.5 Å². The summed E-state index contributed by atoms with van der Waals surface area (Å²) in [4.78, 5) is 24.4. The van der Waals surface area contributed by atoms with Crippen molar-refractivity contribution >= 4 is 16.9 Å². The highest BCUT2D eigenvalue weighted by Gasteiger charge is 2.20. The first-order chi connectivity index (χ1) is 13.4. The second-order valence-electron chi connectivity index (χ2n) is 6.02. The van der Waals surface area contributed by atoms with Gasteiger partial charge < -0.3 is 23.4 Å². The summed E-state index contributed by atoms with van der Waals surface area (Å²) in [6.07, 6.45) is 0. The predicted octanol–water partition coefficient (Wildman–Crippen LogP) is 3.72. The third kappa shape index (κ3) is 3.38. The molecule has 3 aromatic rings. The molecule has 7 nitrogen and oxygen atoms in total. The molecule has 0 aliphatic heterocycles. The lowest BCUT2D eigenvalue weighted by molar-refractivity contribution is -0.131. The molecule has 146 valence electrons. The standard InChI is InChI=1S/C21H20O7/c1-11-20(15-9-18(25-4)19(26-5)10-16(15)24-3)21(23)14-7-6-13(28-12(2)22)8-17(14)27-11/h6-10H,1-5H3. The van der Waals surface area contributed by atoms with E-state index >= 15 is 0 Å². The summed E-state index contributed by atoms with van der Waals surface area (Å²) >= 11 is 0. The van der Waals surface area contributed by atoms with Crippen LogP contribution in [0.25, 0.3) is 22.1 Å². The normalized spacial score (nSPS) is 10.6. The summed E-state index contributed by atoms with van der Waals surface area (Å²) in [6.45, 7) is 2.99. The van der Waals surface area contributed by atoms with Gasteiger partial charge in [-0.05, 0) is 25.1 Å². The average molecular weight is 384 g/mol. The van der Waals surface area contributed by atoms with Crippen LogP contribution < -0.4 is 24.4 Å². The van der Waals surface area contributed by atoms with Crippen LogP contribution in [0.4, 0.5) is 0 Å². The van der Waals surface area contributed by atoms with Gasteiger partial charge in [0.25, 0.3) is 0 Å². The third-order valence-corrected chi connectivity index (χ3v) is 4.28. The molecule has 2 aromatic carbocycles. The molecule has 0 saturated heterocycles. The van der Waals surface area contributed by atoms with E-state index in [2.05, 4.69) is 0 Å². The first kappa shape index (κ1) is 19.3. The Bertz CT molecular complexity index is 1110. The lowest BCUT2D eigenvalue weighted by Gasteiger charge is -2.15. The minimum atomic E-state index is -0.454. The molecule has 0 N–H and O–H groups in total. The second kappa shape index (κ2) is 7.64. The quantitative estimate of drug-likeness (QED) is 0.490. The van der Waals surface area contributed by atoms with Gasteiger partial charge in [-0.2, -0.15) is 0 Å². The fraction of sp³-hybridized carbons (Fsp3) is 0.238. The number of rotatable bonds is 5. The first-order valence-electron chi connectivity index (χ1n) is 8.45. The smallest absolute Gasteiger partial charge is 0.308 e. The molecule has 0 fully saturated rings.